The number of aryl methyl sites for hydroxylation is 1. The Morgan fingerprint density at radius 2 is 1.88 bits per heavy atom. The molecule has 0 saturated carbocycles. The van der Waals surface area contributed by atoms with Gasteiger partial charge in [0, 0.05) is 45.5 Å². The van der Waals surface area contributed by atoms with Crippen LogP contribution in [-0.2, 0) is 7.05 Å². The first-order valence-corrected chi connectivity index (χ1v) is 9.80. The Kier molecular flexibility index (Phi) is 3.48. The molecule has 0 bridgehead atoms. The van der Waals surface area contributed by atoms with Gasteiger partial charge >= 0.3 is 0 Å². The molecule has 0 N–H and O–H groups in total. The number of hydrogen-bond donors (Lipinski definition) is 0. The van der Waals surface area contributed by atoms with Gasteiger partial charge in [0.1, 0.15) is 5.69 Å². The summed E-state index contributed by atoms with van der Waals surface area (Å²) in [5.74, 6) is 0. The van der Waals surface area contributed by atoms with E-state index in [1.54, 1.807) is 42.1 Å². The van der Waals surface area contributed by atoms with Gasteiger partial charge in [-0.25, -0.2) is 4.68 Å². The Labute approximate surface area is 157 Å². The van der Waals surface area contributed by atoms with E-state index in [1.165, 1.54) is 14.8 Å². The van der Waals surface area contributed by atoms with E-state index >= 15 is 0 Å². The predicted molar refractivity (Wildman–Crippen MR) is 109 cm³/mol. The zero-order valence-electron chi connectivity index (χ0n) is 13.8. The topological polar surface area (TPSA) is 47.8 Å². The third kappa shape index (κ3) is 2.30. The highest BCUT2D eigenvalue weighted by Crippen LogP contribution is 2.40. The van der Waals surface area contributed by atoms with E-state index in [-0.39, 0.29) is 5.56 Å². The van der Waals surface area contributed by atoms with Gasteiger partial charge in [0.25, 0.3) is 5.56 Å². The number of thiophene rings is 2. The van der Waals surface area contributed by atoms with Crippen molar-refractivity contribution in [3.63, 3.8) is 0 Å². The van der Waals surface area contributed by atoms with Crippen LogP contribution in [0.5, 0.6) is 0 Å². The molecule has 6 heteroatoms. The van der Waals surface area contributed by atoms with Crippen molar-refractivity contribution in [2.45, 2.75) is 0 Å². The second-order valence-corrected chi connectivity index (χ2v) is 7.98. The molecule has 4 aromatic heterocycles. The fourth-order valence-electron chi connectivity index (χ4n) is 3.14. The van der Waals surface area contributed by atoms with E-state index in [0.29, 0.717) is 0 Å². The smallest absolute Gasteiger partial charge is 0.267 e. The molecule has 5 rings (SSSR count). The van der Waals surface area contributed by atoms with Gasteiger partial charge in [0.15, 0.2) is 0 Å². The summed E-state index contributed by atoms with van der Waals surface area (Å²) < 4.78 is 3.58. The monoisotopic (exact) mass is 375 g/mol. The lowest BCUT2D eigenvalue weighted by molar-refractivity contribution is 0.723. The van der Waals surface area contributed by atoms with Crippen molar-refractivity contribution in [2.24, 2.45) is 7.05 Å². The summed E-state index contributed by atoms with van der Waals surface area (Å²) in [6, 6.07) is 14.3. The minimum Gasteiger partial charge on any atom is -0.267 e. The fourth-order valence-corrected chi connectivity index (χ4v) is 5.37. The first kappa shape index (κ1) is 15.4. The molecule has 0 spiro atoms. The van der Waals surface area contributed by atoms with Gasteiger partial charge in [-0.1, -0.05) is 18.2 Å². The summed E-state index contributed by atoms with van der Waals surface area (Å²) in [6.07, 6.45) is 3.49. The number of pyridine rings is 1. The summed E-state index contributed by atoms with van der Waals surface area (Å²) in [5, 5.41) is 8.53. The molecule has 126 valence electrons. The van der Waals surface area contributed by atoms with Crippen LogP contribution in [0.4, 0.5) is 0 Å². The minimum absolute atomic E-state index is 0.0634. The first-order chi connectivity index (χ1) is 12.7. The van der Waals surface area contributed by atoms with Gasteiger partial charge in [-0.05, 0) is 29.7 Å². The Morgan fingerprint density at radius 1 is 1.08 bits per heavy atom. The lowest BCUT2D eigenvalue weighted by Crippen LogP contribution is -2.20. The van der Waals surface area contributed by atoms with Crippen LogP contribution < -0.4 is 5.56 Å². The molecule has 4 heterocycles. The minimum atomic E-state index is -0.0634. The van der Waals surface area contributed by atoms with Gasteiger partial charge in [-0.15, -0.1) is 22.7 Å². The van der Waals surface area contributed by atoms with Crippen molar-refractivity contribution in [3.05, 3.63) is 70.6 Å². The third-order valence-corrected chi connectivity index (χ3v) is 6.54. The molecule has 0 saturated heterocycles. The van der Waals surface area contributed by atoms with Gasteiger partial charge in [-0.3, -0.25) is 9.78 Å². The fraction of sp³-hybridized carbons (Fsp3) is 0.0500. The van der Waals surface area contributed by atoms with Crippen LogP contribution >= 0.6 is 22.7 Å². The van der Waals surface area contributed by atoms with Crippen LogP contribution in [0, 0.1) is 0 Å². The molecule has 0 amide bonds. The second kappa shape index (κ2) is 5.86. The molecule has 0 aliphatic rings. The average molecular weight is 375 g/mol. The molecule has 0 aliphatic carbocycles. The molecular formula is C20H13N3OS2. The van der Waals surface area contributed by atoms with Crippen molar-refractivity contribution in [1.82, 2.24) is 14.8 Å². The number of fused-ring (bicyclic) bond motifs is 2. The molecule has 5 aromatic rings. The molecule has 0 aliphatic heterocycles. The number of rotatable bonds is 2. The maximum Gasteiger partial charge on any atom is 0.275 e. The molecule has 1 aromatic carbocycles. The van der Waals surface area contributed by atoms with E-state index < -0.39 is 0 Å². The summed E-state index contributed by atoms with van der Waals surface area (Å²) in [4.78, 5) is 18.1. The van der Waals surface area contributed by atoms with Crippen molar-refractivity contribution < 1.29 is 0 Å². The molecule has 0 unspecified atom stereocenters. The molecular weight excluding hydrogens is 362 g/mol. The Hall–Kier alpha value is -2.83. The maximum atomic E-state index is 12.9. The van der Waals surface area contributed by atoms with E-state index in [9.17, 15) is 4.79 Å². The molecule has 26 heavy (non-hydrogen) atoms. The highest BCUT2D eigenvalue weighted by molar-refractivity contribution is 7.23. The quantitative estimate of drug-likeness (QED) is 0.439. The summed E-state index contributed by atoms with van der Waals surface area (Å²) >= 11 is 3.29. The van der Waals surface area contributed by atoms with E-state index in [1.807, 2.05) is 24.3 Å². The van der Waals surface area contributed by atoms with Crippen molar-refractivity contribution >= 4 is 42.8 Å². The Bertz CT molecular complexity index is 1280. The average Bonchev–Trinajstić information content (AvgIpc) is 3.29. The zero-order valence-corrected chi connectivity index (χ0v) is 15.5. The second-order valence-electron chi connectivity index (χ2n) is 6.02. The molecule has 0 fully saturated rings. The highest BCUT2D eigenvalue weighted by atomic mass is 32.1. The SMILES string of the molecule is Cn1nc(-c2ccncc2)c2scc(-c3cc4ccccc4s3)c2c1=O. The summed E-state index contributed by atoms with van der Waals surface area (Å²) in [7, 11) is 1.71. The van der Waals surface area contributed by atoms with Gasteiger partial charge in [0.05, 0.1) is 10.1 Å². The lowest BCUT2D eigenvalue weighted by Gasteiger charge is -2.05. The summed E-state index contributed by atoms with van der Waals surface area (Å²) in [6.45, 7) is 0. The Balaban J connectivity index is 1.83. The van der Waals surface area contributed by atoms with Gasteiger partial charge in [0.2, 0.25) is 0 Å². The number of aromatic nitrogens is 3. The van der Waals surface area contributed by atoms with Crippen LogP contribution in [0.25, 0.3) is 41.9 Å². The lowest BCUT2D eigenvalue weighted by atomic mass is 10.1. The molecule has 0 atom stereocenters. The predicted octanol–water partition coefficient (Wildman–Crippen LogP) is 4.94. The van der Waals surface area contributed by atoms with Crippen LogP contribution in [-0.4, -0.2) is 14.8 Å². The molecule has 4 nitrogen and oxygen atoms in total. The van der Waals surface area contributed by atoms with E-state index in [4.69, 9.17) is 0 Å². The van der Waals surface area contributed by atoms with Crippen molar-refractivity contribution in [3.8, 4) is 21.7 Å². The third-order valence-electron chi connectivity index (χ3n) is 4.41. The van der Waals surface area contributed by atoms with Crippen LogP contribution in [0.1, 0.15) is 0 Å². The Morgan fingerprint density at radius 3 is 2.69 bits per heavy atom. The largest absolute Gasteiger partial charge is 0.275 e. The zero-order chi connectivity index (χ0) is 17.7. The van der Waals surface area contributed by atoms with Crippen molar-refractivity contribution in [1.29, 1.82) is 0 Å². The molecule has 0 radical (unpaired) electrons. The van der Waals surface area contributed by atoms with Crippen molar-refractivity contribution in [2.75, 3.05) is 0 Å². The number of benzene rings is 1. The number of nitrogens with zero attached hydrogens (tertiary/aromatic N) is 3. The standard InChI is InChI=1S/C20H13N3OS2/c1-23-20(24)17-14(16-10-13-4-2-3-5-15(13)26-16)11-25-19(17)18(22-23)12-6-8-21-9-7-12/h2-11H,1H3. The highest BCUT2D eigenvalue weighted by Gasteiger charge is 2.18. The first-order valence-electron chi connectivity index (χ1n) is 8.10. The van der Waals surface area contributed by atoms with E-state index in [2.05, 4.69) is 33.7 Å². The van der Waals surface area contributed by atoms with Crippen LogP contribution in [0.15, 0.2) is 65.0 Å². The summed E-state index contributed by atoms with van der Waals surface area (Å²) in [5.41, 5.74) is 2.71. The maximum absolute atomic E-state index is 12.9. The van der Waals surface area contributed by atoms with Gasteiger partial charge in [-0.2, -0.15) is 5.10 Å². The number of hydrogen-bond acceptors (Lipinski definition) is 5. The van der Waals surface area contributed by atoms with Gasteiger partial charge < -0.3 is 0 Å². The normalized spacial score (nSPS) is 11.4. The van der Waals surface area contributed by atoms with E-state index in [0.717, 1.165) is 31.8 Å². The van der Waals surface area contributed by atoms with Crippen LogP contribution in [0.3, 0.4) is 0 Å². The van der Waals surface area contributed by atoms with Crippen LogP contribution in [0.2, 0.25) is 0 Å².